The Morgan fingerprint density at radius 3 is 1.58 bits per heavy atom. The molecule has 0 aliphatic rings. The molecule has 0 aromatic heterocycles. The van der Waals surface area contributed by atoms with Crippen LogP contribution in [0.3, 0.4) is 0 Å². The fourth-order valence-electron chi connectivity index (χ4n) is 2.84. The smallest absolute Gasteiger partial charge is 0.228 e. The van der Waals surface area contributed by atoms with Crippen LogP contribution < -0.4 is 4.90 Å². The molecular weight excluding hydrogens is 300 g/mol. The van der Waals surface area contributed by atoms with E-state index < -0.39 is 0 Å². The summed E-state index contributed by atoms with van der Waals surface area (Å²) in [7, 11) is 0. The molecule has 0 amide bonds. The number of hydrogen-bond donors (Lipinski definition) is 0. The van der Waals surface area contributed by atoms with Gasteiger partial charge < -0.3 is 4.90 Å². The minimum Gasteiger partial charge on any atom is -0.327 e. The summed E-state index contributed by atoms with van der Waals surface area (Å²) in [6.45, 7) is -0.173. The topological polar surface area (TPSA) is 46.4 Å². The van der Waals surface area contributed by atoms with Gasteiger partial charge in [0.25, 0.3) is 0 Å². The summed E-state index contributed by atoms with van der Waals surface area (Å²) in [4.78, 5) is 13.1. The highest BCUT2D eigenvalue weighted by Crippen LogP contribution is 2.35. The Kier molecular flexibility index (Phi) is 4.87. The van der Waals surface area contributed by atoms with Crippen LogP contribution in [0.2, 0.25) is 0 Å². The van der Waals surface area contributed by atoms with Crippen molar-refractivity contribution in [2.45, 2.75) is 6.04 Å². The standard InChI is InChI=1S/C20H18N2O2/c23-21(24)16-20(17-10-4-1-5-11-17)22(18-12-6-2-7-13-18)19-14-8-3-9-15-19/h1-15,20H,16H2. The van der Waals surface area contributed by atoms with Crippen molar-refractivity contribution >= 4 is 11.4 Å². The number of rotatable bonds is 6. The van der Waals surface area contributed by atoms with E-state index in [0.717, 1.165) is 16.9 Å². The average molecular weight is 318 g/mol. The van der Waals surface area contributed by atoms with Crippen LogP contribution in [0.15, 0.2) is 91.0 Å². The molecule has 0 radical (unpaired) electrons. The molecule has 0 bridgehead atoms. The molecule has 3 aromatic carbocycles. The van der Waals surface area contributed by atoms with E-state index in [1.807, 2.05) is 95.9 Å². The molecule has 120 valence electrons. The Morgan fingerprint density at radius 2 is 1.17 bits per heavy atom. The minimum atomic E-state index is -0.383. The van der Waals surface area contributed by atoms with Gasteiger partial charge in [-0.3, -0.25) is 10.1 Å². The van der Waals surface area contributed by atoms with E-state index in [0.29, 0.717) is 0 Å². The van der Waals surface area contributed by atoms with Crippen LogP contribution in [0.4, 0.5) is 11.4 Å². The maximum Gasteiger partial charge on any atom is 0.228 e. The summed E-state index contributed by atoms with van der Waals surface area (Å²) >= 11 is 0. The van der Waals surface area contributed by atoms with Crippen molar-refractivity contribution in [3.8, 4) is 0 Å². The number of nitrogens with zero attached hydrogens (tertiary/aromatic N) is 2. The quantitative estimate of drug-likeness (QED) is 0.482. The van der Waals surface area contributed by atoms with Gasteiger partial charge in [-0.05, 0) is 29.8 Å². The van der Waals surface area contributed by atoms with Crippen LogP contribution in [0.1, 0.15) is 11.6 Å². The van der Waals surface area contributed by atoms with Crippen LogP contribution in [-0.4, -0.2) is 11.5 Å². The van der Waals surface area contributed by atoms with Gasteiger partial charge in [0.1, 0.15) is 6.04 Å². The van der Waals surface area contributed by atoms with E-state index in [1.165, 1.54) is 0 Å². The Morgan fingerprint density at radius 1 is 0.750 bits per heavy atom. The zero-order valence-electron chi connectivity index (χ0n) is 13.2. The number of anilines is 2. The predicted octanol–water partition coefficient (Wildman–Crippen LogP) is 4.84. The van der Waals surface area contributed by atoms with E-state index in [9.17, 15) is 10.1 Å². The second-order valence-electron chi connectivity index (χ2n) is 5.48. The van der Waals surface area contributed by atoms with Gasteiger partial charge in [-0.25, -0.2) is 0 Å². The molecular formula is C20H18N2O2. The van der Waals surface area contributed by atoms with Gasteiger partial charge in [0.2, 0.25) is 6.54 Å². The number of hydrogen-bond acceptors (Lipinski definition) is 3. The number of benzene rings is 3. The maximum absolute atomic E-state index is 11.3. The zero-order chi connectivity index (χ0) is 16.8. The van der Waals surface area contributed by atoms with Gasteiger partial charge in [-0.2, -0.15) is 0 Å². The molecule has 0 saturated carbocycles. The largest absolute Gasteiger partial charge is 0.327 e. The van der Waals surface area contributed by atoms with Gasteiger partial charge >= 0.3 is 0 Å². The summed E-state index contributed by atoms with van der Waals surface area (Å²) < 4.78 is 0. The van der Waals surface area contributed by atoms with Crippen molar-refractivity contribution in [2.24, 2.45) is 0 Å². The third-order valence-corrected chi connectivity index (χ3v) is 3.89. The van der Waals surface area contributed by atoms with Crippen LogP contribution in [0.25, 0.3) is 0 Å². The Bertz CT molecular complexity index is 737. The summed E-state index contributed by atoms with van der Waals surface area (Å²) in [6.07, 6.45) is 0. The molecule has 4 heteroatoms. The molecule has 0 heterocycles. The zero-order valence-corrected chi connectivity index (χ0v) is 13.2. The summed E-state index contributed by atoms with van der Waals surface area (Å²) in [5.74, 6) is 0. The van der Waals surface area contributed by atoms with Crippen molar-refractivity contribution < 1.29 is 4.92 Å². The fraction of sp³-hybridized carbons (Fsp3) is 0.100. The van der Waals surface area contributed by atoms with Crippen LogP contribution in [0, 0.1) is 10.1 Å². The molecule has 0 aliphatic carbocycles. The first kappa shape index (κ1) is 15.7. The van der Waals surface area contributed by atoms with Gasteiger partial charge in [-0.15, -0.1) is 0 Å². The SMILES string of the molecule is O=[N+]([O-])CC(c1ccccc1)N(c1ccccc1)c1ccccc1. The molecule has 0 aliphatic heterocycles. The van der Waals surface area contributed by atoms with Crippen molar-refractivity contribution in [2.75, 3.05) is 11.4 Å². The molecule has 0 N–H and O–H groups in total. The Hall–Kier alpha value is -3.14. The highest BCUT2D eigenvalue weighted by atomic mass is 16.6. The van der Waals surface area contributed by atoms with E-state index in [1.54, 1.807) is 0 Å². The second kappa shape index (κ2) is 7.42. The van der Waals surface area contributed by atoms with Crippen LogP contribution >= 0.6 is 0 Å². The van der Waals surface area contributed by atoms with Crippen LogP contribution in [-0.2, 0) is 0 Å². The van der Waals surface area contributed by atoms with E-state index in [2.05, 4.69) is 0 Å². The average Bonchev–Trinajstić information content (AvgIpc) is 2.63. The Balaban J connectivity index is 2.12. The molecule has 0 saturated heterocycles. The molecule has 3 aromatic rings. The normalized spacial score (nSPS) is 11.7. The van der Waals surface area contributed by atoms with Crippen molar-refractivity contribution in [3.05, 3.63) is 107 Å². The highest BCUT2D eigenvalue weighted by Gasteiger charge is 2.27. The molecule has 0 spiro atoms. The molecule has 1 atom stereocenters. The minimum absolute atomic E-state index is 0.173. The lowest BCUT2D eigenvalue weighted by Crippen LogP contribution is -2.29. The first-order valence-electron chi connectivity index (χ1n) is 7.82. The van der Waals surface area contributed by atoms with Gasteiger partial charge in [0, 0.05) is 16.3 Å². The summed E-state index contributed by atoms with van der Waals surface area (Å²) in [6, 6.07) is 28.8. The molecule has 0 fully saturated rings. The van der Waals surface area contributed by atoms with Crippen LogP contribution in [0.5, 0.6) is 0 Å². The molecule has 4 nitrogen and oxygen atoms in total. The van der Waals surface area contributed by atoms with Gasteiger partial charge in [0.15, 0.2) is 0 Å². The fourth-order valence-corrected chi connectivity index (χ4v) is 2.84. The van der Waals surface area contributed by atoms with E-state index in [-0.39, 0.29) is 17.5 Å². The van der Waals surface area contributed by atoms with Crippen molar-refractivity contribution in [1.29, 1.82) is 0 Å². The first-order chi connectivity index (χ1) is 11.8. The first-order valence-corrected chi connectivity index (χ1v) is 7.82. The lowest BCUT2D eigenvalue weighted by Gasteiger charge is -2.32. The van der Waals surface area contributed by atoms with E-state index >= 15 is 0 Å². The van der Waals surface area contributed by atoms with Crippen molar-refractivity contribution in [1.82, 2.24) is 0 Å². The Labute approximate surface area is 141 Å². The molecule has 3 rings (SSSR count). The van der Waals surface area contributed by atoms with Crippen molar-refractivity contribution in [3.63, 3.8) is 0 Å². The lowest BCUT2D eigenvalue weighted by atomic mass is 10.0. The predicted molar refractivity (Wildman–Crippen MR) is 96.1 cm³/mol. The number of nitro groups is 1. The second-order valence-corrected chi connectivity index (χ2v) is 5.48. The number of para-hydroxylation sites is 2. The van der Waals surface area contributed by atoms with Gasteiger partial charge in [-0.1, -0.05) is 66.7 Å². The summed E-state index contributed by atoms with van der Waals surface area (Å²) in [5, 5.41) is 11.3. The van der Waals surface area contributed by atoms with Gasteiger partial charge in [0.05, 0.1) is 0 Å². The monoisotopic (exact) mass is 318 g/mol. The third kappa shape index (κ3) is 3.60. The maximum atomic E-state index is 11.3. The summed E-state index contributed by atoms with van der Waals surface area (Å²) in [5.41, 5.74) is 2.78. The molecule has 24 heavy (non-hydrogen) atoms. The van der Waals surface area contributed by atoms with E-state index in [4.69, 9.17) is 0 Å². The lowest BCUT2D eigenvalue weighted by molar-refractivity contribution is -0.483. The highest BCUT2D eigenvalue weighted by molar-refractivity contribution is 5.65. The molecule has 1 unspecified atom stereocenters. The third-order valence-electron chi connectivity index (χ3n) is 3.89.